The van der Waals surface area contributed by atoms with Crippen LogP contribution in [0.2, 0.25) is 0 Å². The van der Waals surface area contributed by atoms with Crippen LogP contribution >= 0.6 is 11.3 Å². The van der Waals surface area contributed by atoms with Crippen LogP contribution in [0.4, 0.5) is 5.69 Å². The molecule has 1 fully saturated rings. The molecule has 0 saturated carbocycles. The standard InChI is InChI=1S/C22H24N2O5S/c1-14(21(26)23-8-6-19-15(12-23)7-9-30-19)29-22(27)16-10-20(25)24(13-16)17-4-3-5-18(11-17)28-2/h3-5,7,9,11,14,16H,6,8,10,12-13H2,1-2H3. The Morgan fingerprint density at radius 1 is 1.27 bits per heavy atom. The number of thiophene rings is 1. The van der Waals surface area contributed by atoms with Gasteiger partial charge in [-0.3, -0.25) is 14.4 Å². The van der Waals surface area contributed by atoms with Gasteiger partial charge in [0, 0.05) is 42.7 Å². The highest BCUT2D eigenvalue weighted by atomic mass is 32.1. The molecular formula is C22H24N2O5S. The number of benzene rings is 1. The fourth-order valence-electron chi connectivity index (χ4n) is 3.91. The summed E-state index contributed by atoms with van der Waals surface area (Å²) < 4.78 is 10.7. The van der Waals surface area contributed by atoms with Gasteiger partial charge in [0.05, 0.1) is 13.0 Å². The molecule has 2 aromatic rings. The number of amides is 2. The zero-order chi connectivity index (χ0) is 21.3. The largest absolute Gasteiger partial charge is 0.497 e. The van der Waals surface area contributed by atoms with Crippen molar-refractivity contribution in [2.45, 2.75) is 32.4 Å². The van der Waals surface area contributed by atoms with Gasteiger partial charge < -0.3 is 19.3 Å². The summed E-state index contributed by atoms with van der Waals surface area (Å²) in [5.74, 6) is -0.813. The lowest BCUT2D eigenvalue weighted by Crippen LogP contribution is -2.43. The Balaban J connectivity index is 1.35. The minimum absolute atomic E-state index is 0.0684. The van der Waals surface area contributed by atoms with Gasteiger partial charge in [-0.2, -0.15) is 0 Å². The molecule has 0 spiro atoms. The third kappa shape index (κ3) is 4.05. The molecule has 0 radical (unpaired) electrons. The second-order valence-corrected chi connectivity index (χ2v) is 8.57. The molecule has 1 aromatic carbocycles. The van der Waals surface area contributed by atoms with E-state index in [1.807, 2.05) is 11.4 Å². The molecule has 158 valence electrons. The van der Waals surface area contributed by atoms with Crippen LogP contribution in [-0.4, -0.2) is 49.0 Å². The lowest BCUT2D eigenvalue weighted by Gasteiger charge is -2.29. The van der Waals surface area contributed by atoms with Crippen molar-refractivity contribution in [3.05, 3.63) is 46.2 Å². The van der Waals surface area contributed by atoms with Crippen molar-refractivity contribution in [1.29, 1.82) is 0 Å². The first-order chi connectivity index (χ1) is 14.5. The van der Waals surface area contributed by atoms with E-state index in [0.29, 0.717) is 24.5 Å². The second-order valence-electron chi connectivity index (χ2n) is 7.56. The van der Waals surface area contributed by atoms with Gasteiger partial charge >= 0.3 is 5.97 Å². The third-order valence-electron chi connectivity index (χ3n) is 5.58. The van der Waals surface area contributed by atoms with Crippen molar-refractivity contribution >= 4 is 34.8 Å². The monoisotopic (exact) mass is 428 g/mol. The van der Waals surface area contributed by atoms with E-state index in [4.69, 9.17) is 9.47 Å². The Morgan fingerprint density at radius 2 is 2.10 bits per heavy atom. The van der Waals surface area contributed by atoms with E-state index in [1.165, 1.54) is 4.88 Å². The molecule has 2 aliphatic heterocycles. The average Bonchev–Trinajstić information content (AvgIpc) is 3.39. The summed E-state index contributed by atoms with van der Waals surface area (Å²) in [6, 6.07) is 9.18. The van der Waals surface area contributed by atoms with Crippen LogP contribution in [0.3, 0.4) is 0 Å². The van der Waals surface area contributed by atoms with Crippen molar-refractivity contribution in [2.24, 2.45) is 5.92 Å². The van der Waals surface area contributed by atoms with E-state index in [2.05, 4.69) is 0 Å². The topological polar surface area (TPSA) is 76.2 Å². The first-order valence-electron chi connectivity index (χ1n) is 9.95. The summed E-state index contributed by atoms with van der Waals surface area (Å²) in [6.07, 6.45) is 0.0176. The predicted octanol–water partition coefficient (Wildman–Crippen LogP) is 2.63. The molecule has 2 atom stereocenters. The fourth-order valence-corrected chi connectivity index (χ4v) is 4.80. The molecular weight excluding hydrogens is 404 g/mol. The number of esters is 1. The number of hydrogen-bond donors (Lipinski definition) is 0. The maximum atomic E-state index is 12.8. The van der Waals surface area contributed by atoms with Crippen LogP contribution in [0.5, 0.6) is 5.75 Å². The number of nitrogens with zero attached hydrogens (tertiary/aromatic N) is 2. The molecule has 8 heteroatoms. The maximum absolute atomic E-state index is 12.8. The number of methoxy groups -OCH3 is 1. The Hall–Kier alpha value is -2.87. The third-order valence-corrected chi connectivity index (χ3v) is 6.61. The Labute approximate surface area is 179 Å². The molecule has 4 rings (SSSR count). The zero-order valence-electron chi connectivity index (χ0n) is 17.0. The number of ether oxygens (including phenoxy) is 2. The lowest BCUT2D eigenvalue weighted by atomic mass is 10.1. The van der Waals surface area contributed by atoms with Gasteiger partial charge in [-0.05, 0) is 42.5 Å². The summed E-state index contributed by atoms with van der Waals surface area (Å²) >= 11 is 1.71. The van der Waals surface area contributed by atoms with Crippen molar-refractivity contribution in [2.75, 3.05) is 25.1 Å². The minimum atomic E-state index is -0.876. The summed E-state index contributed by atoms with van der Waals surface area (Å²) in [4.78, 5) is 42.5. The number of carbonyl (C=O) groups excluding carboxylic acids is 3. The number of fused-ring (bicyclic) bond motifs is 1. The number of carbonyl (C=O) groups is 3. The summed E-state index contributed by atoms with van der Waals surface area (Å²) in [7, 11) is 1.56. The van der Waals surface area contributed by atoms with E-state index in [9.17, 15) is 14.4 Å². The molecule has 0 aliphatic carbocycles. The Morgan fingerprint density at radius 3 is 2.90 bits per heavy atom. The van der Waals surface area contributed by atoms with Gasteiger partial charge in [0.1, 0.15) is 5.75 Å². The molecule has 2 unspecified atom stereocenters. The lowest BCUT2D eigenvalue weighted by molar-refractivity contribution is -0.162. The van der Waals surface area contributed by atoms with Crippen LogP contribution < -0.4 is 9.64 Å². The molecule has 2 amide bonds. The van der Waals surface area contributed by atoms with Crippen LogP contribution in [0.15, 0.2) is 35.7 Å². The van der Waals surface area contributed by atoms with Gasteiger partial charge in [0.2, 0.25) is 5.91 Å². The van der Waals surface area contributed by atoms with Gasteiger partial charge in [0.15, 0.2) is 6.10 Å². The minimum Gasteiger partial charge on any atom is -0.497 e. The fraction of sp³-hybridized carbons (Fsp3) is 0.409. The zero-order valence-corrected chi connectivity index (χ0v) is 17.8. The first-order valence-corrected chi connectivity index (χ1v) is 10.8. The molecule has 0 N–H and O–H groups in total. The Kier molecular flexibility index (Phi) is 5.76. The van der Waals surface area contributed by atoms with Crippen LogP contribution in [0.1, 0.15) is 23.8 Å². The SMILES string of the molecule is COc1cccc(N2CC(C(=O)OC(C)C(=O)N3CCc4sccc4C3)CC2=O)c1. The highest BCUT2D eigenvalue weighted by Gasteiger charge is 2.38. The summed E-state index contributed by atoms with van der Waals surface area (Å²) in [6.45, 7) is 3.00. The van der Waals surface area contributed by atoms with Gasteiger partial charge in [-0.1, -0.05) is 6.07 Å². The van der Waals surface area contributed by atoms with E-state index in [-0.39, 0.29) is 24.8 Å². The maximum Gasteiger partial charge on any atom is 0.312 e. The quantitative estimate of drug-likeness (QED) is 0.685. The van der Waals surface area contributed by atoms with Gasteiger partial charge in [-0.25, -0.2) is 0 Å². The van der Waals surface area contributed by atoms with E-state index in [0.717, 1.165) is 12.0 Å². The van der Waals surface area contributed by atoms with E-state index in [1.54, 1.807) is 59.4 Å². The number of hydrogen-bond acceptors (Lipinski definition) is 6. The number of rotatable bonds is 5. The van der Waals surface area contributed by atoms with Crippen molar-refractivity contribution < 1.29 is 23.9 Å². The molecule has 1 aromatic heterocycles. The van der Waals surface area contributed by atoms with Crippen LogP contribution in [-0.2, 0) is 32.1 Å². The molecule has 2 aliphatic rings. The van der Waals surface area contributed by atoms with Crippen molar-refractivity contribution in [1.82, 2.24) is 4.90 Å². The number of anilines is 1. The highest BCUT2D eigenvalue weighted by molar-refractivity contribution is 7.10. The van der Waals surface area contributed by atoms with Crippen molar-refractivity contribution in [3.8, 4) is 5.75 Å². The molecule has 0 bridgehead atoms. The smallest absolute Gasteiger partial charge is 0.312 e. The van der Waals surface area contributed by atoms with E-state index < -0.39 is 18.0 Å². The molecule has 7 nitrogen and oxygen atoms in total. The molecule has 1 saturated heterocycles. The van der Waals surface area contributed by atoms with E-state index >= 15 is 0 Å². The van der Waals surface area contributed by atoms with Crippen molar-refractivity contribution in [3.63, 3.8) is 0 Å². The Bertz CT molecular complexity index is 972. The summed E-state index contributed by atoms with van der Waals surface area (Å²) in [5, 5.41) is 2.03. The van der Waals surface area contributed by atoms with Crippen LogP contribution in [0.25, 0.3) is 0 Å². The van der Waals surface area contributed by atoms with Gasteiger partial charge in [-0.15, -0.1) is 11.3 Å². The normalized spacial score (nSPS) is 19.4. The predicted molar refractivity (Wildman–Crippen MR) is 112 cm³/mol. The summed E-state index contributed by atoms with van der Waals surface area (Å²) in [5.41, 5.74) is 1.84. The second kappa shape index (κ2) is 8.47. The van der Waals surface area contributed by atoms with Gasteiger partial charge in [0.25, 0.3) is 5.91 Å². The average molecular weight is 429 g/mol. The first kappa shape index (κ1) is 20.4. The molecule has 30 heavy (non-hydrogen) atoms. The molecule has 3 heterocycles. The highest BCUT2D eigenvalue weighted by Crippen LogP contribution is 2.29. The van der Waals surface area contributed by atoms with Crippen LogP contribution in [0, 0.1) is 5.92 Å².